The number of Topliss-reactive ketones (excluding diaryl/α,β-unsaturated/α-hetero) is 1. The van der Waals surface area contributed by atoms with Crippen molar-refractivity contribution < 1.29 is 42.2 Å². The first-order chi connectivity index (χ1) is 12.5. The molecular weight excluding hydrogens is 373 g/mol. The number of hydrogen-bond acceptors (Lipinski definition) is 7. The summed E-state index contributed by atoms with van der Waals surface area (Å²) >= 11 is 0. The number of halogens is 3. The molecule has 1 heterocycles. The molecule has 2 unspecified atom stereocenters. The molecule has 0 saturated carbocycles. The van der Waals surface area contributed by atoms with Gasteiger partial charge in [0, 0.05) is 5.92 Å². The molecule has 11 heteroatoms. The minimum absolute atomic E-state index is 0.0660. The van der Waals surface area contributed by atoms with Crippen molar-refractivity contribution in [3.63, 3.8) is 0 Å². The fourth-order valence-electron chi connectivity index (χ4n) is 2.81. The van der Waals surface area contributed by atoms with Crippen molar-refractivity contribution in [3.8, 4) is 0 Å². The van der Waals surface area contributed by atoms with E-state index in [-0.39, 0.29) is 36.2 Å². The van der Waals surface area contributed by atoms with Gasteiger partial charge in [0.05, 0.1) is 12.2 Å². The summed E-state index contributed by atoms with van der Waals surface area (Å²) < 4.78 is 48.8. The van der Waals surface area contributed by atoms with Crippen LogP contribution in [0, 0.1) is 11.8 Å². The zero-order valence-corrected chi connectivity index (χ0v) is 14.9. The zero-order valence-electron chi connectivity index (χ0n) is 14.9. The lowest BCUT2D eigenvalue weighted by Crippen LogP contribution is -2.27. The normalized spacial score (nSPS) is 23.2. The molecule has 0 radical (unpaired) electrons. The molecule has 1 saturated heterocycles. The summed E-state index contributed by atoms with van der Waals surface area (Å²) in [6, 6.07) is 0. The van der Waals surface area contributed by atoms with Gasteiger partial charge in [-0.3, -0.25) is 4.79 Å². The number of rotatable bonds is 8. The van der Waals surface area contributed by atoms with Crippen LogP contribution in [0.3, 0.4) is 0 Å². The predicted molar refractivity (Wildman–Crippen MR) is 86.9 cm³/mol. The van der Waals surface area contributed by atoms with Crippen molar-refractivity contribution in [3.05, 3.63) is 12.2 Å². The van der Waals surface area contributed by atoms with Crippen LogP contribution in [-0.2, 0) is 19.0 Å². The molecule has 0 bridgehead atoms. The van der Waals surface area contributed by atoms with Crippen LogP contribution >= 0.6 is 0 Å². The number of nitrogens with zero attached hydrogens (tertiary/aromatic N) is 1. The van der Waals surface area contributed by atoms with Crippen LogP contribution in [0.4, 0.5) is 18.0 Å². The molecule has 0 aliphatic carbocycles. The Kier molecular flexibility index (Phi) is 8.54. The van der Waals surface area contributed by atoms with Crippen LogP contribution in [0.5, 0.6) is 0 Å². The third-order valence-electron chi connectivity index (χ3n) is 4.14. The Hall–Kier alpha value is -2.30. The van der Waals surface area contributed by atoms with Crippen molar-refractivity contribution in [2.75, 3.05) is 6.61 Å². The lowest BCUT2D eigenvalue weighted by atomic mass is 9.85. The van der Waals surface area contributed by atoms with Crippen LogP contribution in [0.15, 0.2) is 17.3 Å². The van der Waals surface area contributed by atoms with E-state index in [4.69, 9.17) is 15.7 Å². The Bertz CT molecular complexity index is 579. The Morgan fingerprint density at radius 2 is 2.00 bits per heavy atom. The highest BCUT2D eigenvalue weighted by Gasteiger charge is 2.36. The number of alkyl halides is 3. The van der Waals surface area contributed by atoms with Gasteiger partial charge in [0.15, 0.2) is 5.84 Å². The summed E-state index contributed by atoms with van der Waals surface area (Å²) in [6.45, 7) is 2.88. The number of ketones is 1. The summed E-state index contributed by atoms with van der Waals surface area (Å²) in [5, 5.41) is 11.3. The molecule has 1 aliphatic heterocycles. The molecule has 0 amide bonds. The van der Waals surface area contributed by atoms with E-state index in [0.29, 0.717) is 19.3 Å². The van der Waals surface area contributed by atoms with Crippen LogP contribution in [-0.4, -0.2) is 48.2 Å². The quantitative estimate of drug-likeness (QED) is 0.213. The van der Waals surface area contributed by atoms with Gasteiger partial charge in [0.2, 0.25) is 0 Å². The minimum Gasteiger partial charge on any atom is -0.431 e. The fourth-order valence-corrected chi connectivity index (χ4v) is 2.81. The van der Waals surface area contributed by atoms with Gasteiger partial charge in [-0.15, -0.1) is 13.2 Å². The average Bonchev–Trinajstić information content (AvgIpc) is 3.01. The van der Waals surface area contributed by atoms with Crippen LogP contribution in [0.1, 0.15) is 33.1 Å². The number of amidine groups is 1. The van der Waals surface area contributed by atoms with Crippen LogP contribution in [0.25, 0.3) is 0 Å². The van der Waals surface area contributed by atoms with E-state index < -0.39 is 18.6 Å². The summed E-state index contributed by atoms with van der Waals surface area (Å²) in [5.74, 6) is -0.746. The van der Waals surface area contributed by atoms with Gasteiger partial charge in [-0.1, -0.05) is 18.2 Å². The number of allylic oxidation sites excluding steroid dienone is 1. The summed E-state index contributed by atoms with van der Waals surface area (Å²) in [7, 11) is 0. The van der Waals surface area contributed by atoms with E-state index in [1.165, 1.54) is 13.0 Å². The van der Waals surface area contributed by atoms with Gasteiger partial charge < -0.3 is 25.2 Å². The second kappa shape index (κ2) is 10.1. The Morgan fingerprint density at radius 3 is 2.56 bits per heavy atom. The maximum atomic E-state index is 11.9. The maximum absolute atomic E-state index is 11.9. The first-order valence-electron chi connectivity index (χ1n) is 8.26. The molecule has 27 heavy (non-hydrogen) atoms. The monoisotopic (exact) mass is 396 g/mol. The van der Waals surface area contributed by atoms with E-state index in [1.807, 2.05) is 0 Å². The Morgan fingerprint density at radius 1 is 1.37 bits per heavy atom. The maximum Gasteiger partial charge on any atom is 0.577 e. The second-order valence-electron chi connectivity index (χ2n) is 6.26. The van der Waals surface area contributed by atoms with Gasteiger partial charge in [-0.05, 0) is 38.2 Å². The third kappa shape index (κ3) is 8.76. The molecule has 1 rings (SSSR count). The number of nitrogens with two attached hydrogens (primary N) is 1. The van der Waals surface area contributed by atoms with Crippen molar-refractivity contribution >= 4 is 17.8 Å². The smallest absolute Gasteiger partial charge is 0.431 e. The largest absolute Gasteiger partial charge is 0.577 e. The van der Waals surface area contributed by atoms with Gasteiger partial charge >= 0.3 is 12.5 Å². The first-order valence-corrected chi connectivity index (χ1v) is 8.26. The number of hydrogen-bond donors (Lipinski definition) is 2. The molecule has 0 spiro atoms. The van der Waals surface area contributed by atoms with Gasteiger partial charge in [0.1, 0.15) is 12.4 Å². The van der Waals surface area contributed by atoms with Crippen LogP contribution in [0.2, 0.25) is 0 Å². The van der Waals surface area contributed by atoms with Crippen molar-refractivity contribution in [1.29, 1.82) is 0 Å². The second-order valence-corrected chi connectivity index (χ2v) is 6.26. The fraction of sp³-hybridized carbons (Fsp3) is 0.688. The first kappa shape index (κ1) is 22.7. The van der Waals surface area contributed by atoms with Crippen molar-refractivity contribution in [2.45, 2.75) is 51.7 Å². The van der Waals surface area contributed by atoms with Gasteiger partial charge in [0.25, 0.3) is 0 Å². The Labute approximate surface area is 154 Å². The zero-order chi connectivity index (χ0) is 20.6. The summed E-state index contributed by atoms with van der Waals surface area (Å²) in [6.07, 6.45) is -3.33. The number of ether oxygens (including phenoxy) is 3. The highest BCUT2D eigenvalue weighted by Crippen LogP contribution is 2.29. The van der Waals surface area contributed by atoms with E-state index in [9.17, 15) is 22.8 Å². The summed E-state index contributed by atoms with van der Waals surface area (Å²) in [5.41, 5.74) is 5.36. The van der Waals surface area contributed by atoms with Crippen LogP contribution < -0.4 is 5.73 Å². The molecule has 154 valence electrons. The molecule has 0 aromatic carbocycles. The van der Waals surface area contributed by atoms with E-state index in [2.05, 4.69) is 14.6 Å². The highest BCUT2D eigenvalue weighted by atomic mass is 19.4. The molecule has 0 aromatic heterocycles. The molecule has 1 fully saturated rings. The van der Waals surface area contributed by atoms with Crippen molar-refractivity contribution in [2.24, 2.45) is 22.7 Å². The SMILES string of the molecule is CC(=O)C(C[C@H]1CC[C@@H](COC(=O)OC(F)(F)F)O1)C(C)/C=C\C(N)=NO. The van der Waals surface area contributed by atoms with Gasteiger partial charge in [-0.2, -0.15) is 0 Å². The average molecular weight is 396 g/mol. The lowest BCUT2D eigenvalue weighted by Gasteiger charge is -2.22. The number of carbonyl (C=O) groups excluding carboxylic acids is 2. The summed E-state index contributed by atoms with van der Waals surface area (Å²) in [4.78, 5) is 22.8. The molecular formula is C16H23F3N2O6. The standard InChI is InChI=1S/C16H23F3N2O6/c1-9(3-6-14(20)21-24)13(10(2)22)7-11-4-5-12(26-11)8-25-15(23)27-16(17,18)19/h3,6,9,11-13,24H,4-5,7-8H2,1-2H3,(H2,20,21)/b6-3-/t9?,11-,12+,13?/m1/s1. The molecule has 1 aliphatic rings. The predicted octanol–water partition coefficient (Wildman–Crippen LogP) is 2.74. The topological polar surface area (TPSA) is 120 Å². The van der Waals surface area contributed by atoms with E-state index in [1.54, 1.807) is 13.0 Å². The number of carbonyl (C=O) groups is 2. The highest BCUT2D eigenvalue weighted by molar-refractivity contribution is 5.90. The molecule has 4 atom stereocenters. The minimum atomic E-state index is -5.10. The number of oxime groups is 1. The molecule has 3 N–H and O–H groups in total. The molecule has 0 aromatic rings. The van der Waals surface area contributed by atoms with E-state index in [0.717, 1.165) is 0 Å². The Balaban J connectivity index is 2.50. The van der Waals surface area contributed by atoms with Crippen molar-refractivity contribution in [1.82, 2.24) is 0 Å². The molecule has 8 nitrogen and oxygen atoms in total. The van der Waals surface area contributed by atoms with Gasteiger partial charge in [-0.25, -0.2) is 4.79 Å². The van der Waals surface area contributed by atoms with E-state index >= 15 is 0 Å². The third-order valence-corrected chi connectivity index (χ3v) is 4.14. The lowest BCUT2D eigenvalue weighted by molar-refractivity contribution is -0.299.